The van der Waals surface area contributed by atoms with E-state index in [2.05, 4.69) is 5.32 Å². The van der Waals surface area contributed by atoms with Crippen LogP contribution in [0.25, 0.3) is 0 Å². The molecule has 2 aromatic rings. The van der Waals surface area contributed by atoms with Crippen LogP contribution in [0.1, 0.15) is 10.4 Å². The van der Waals surface area contributed by atoms with Gasteiger partial charge in [0.1, 0.15) is 5.82 Å². The minimum Gasteiger partial charge on any atom is -0.322 e. The van der Waals surface area contributed by atoms with Crippen molar-refractivity contribution in [3.63, 3.8) is 0 Å². The molecule has 0 saturated carbocycles. The molecule has 0 heterocycles. The van der Waals surface area contributed by atoms with Crippen LogP contribution in [0.15, 0.2) is 42.5 Å². The number of carbonyl (C=O) groups is 1. The fraction of sp³-hybridized carbons (Fsp3) is 0. The highest BCUT2D eigenvalue weighted by Crippen LogP contribution is 2.25. The summed E-state index contributed by atoms with van der Waals surface area (Å²) in [7, 11) is 0. The molecule has 2 aromatic carbocycles. The van der Waals surface area contributed by atoms with Crippen LogP contribution in [0.3, 0.4) is 0 Å². The summed E-state index contributed by atoms with van der Waals surface area (Å²) in [5.41, 5.74) is 0.669. The Morgan fingerprint density at radius 3 is 2.11 bits per heavy atom. The van der Waals surface area contributed by atoms with Crippen LogP contribution >= 0.6 is 23.2 Å². The van der Waals surface area contributed by atoms with Gasteiger partial charge < -0.3 is 5.32 Å². The predicted molar refractivity (Wildman–Crippen MR) is 70.8 cm³/mol. The van der Waals surface area contributed by atoms with Gasteiger partial charge in [-0.25, -0.2) is 4.39 Å². The quantitative estimate of drug-likeness (QED) is 0.870. The average molecular weight is 284 g/mol. The smallest absolute Gasteiger partial charge is 0.258 e. The summed E-state index contributed by atoms with van der Waals surface area (Å²) < 4.78 is 12.7. The molecule has 5 heteroatoms. The topological polar surface area (TPSA) is 29.1 Å². The maximum Gasteiger partial charge on any atom is 0.258 e. The number of rotatable bonds is 2. The Balaban J connectivity index is 2.25. The van der Waals surface area contributed by atoms with Crippen molar-refractivity contribution in [1.29, 1.82) is 0 Å². The Hall–Kier alpha value is -1.58. The van der Waals surface area contributed by atoms with Crippen molar-refractivity contribution in [1.82, 2.24) is 0 Å². The number of carbonyl (C=O) groups excluding carboxylic acids is 1. The molecule has 0 spiro atoms. The first-order valence-corrected chi connectivity index (χ1v) is 5.84. The van der Waals surface area contributed by atoms with Crippen LogP contribution < -0.4 is 5.32 Å². The lowest BCUT2D eigenvalue weighted by molar-refractivity contribution is 0.102. The number of hydrogen-bond donors (Lipinski definition) is 1. The lowest BCUT2D eigenvalue weighted by Gasteiger charge is -2.08. The first-order chi connectivity index (χ1) is 8.58. The highest BCUT2D eigenvalue weighted by Gasteiger charge is 2.14. The van der Waals surface area contributed by atoms with Gasteiger partial charge in [0, 0.05) is 5.69 Å². The number of nitrogens with one attached hydrogen (secondary N) is 1. The Bertz CT molecular complexity index is 564. The highest BCUT2D eigenvalue weighted by atomic mass is 35.5. The third-order valence-corrected chi connectivity index (χ3v) is 2.92. The predicted octanol–water partition coefficient (Wildman–Crippen LogP) is 4.38. The molecule has 1 N–H and O–H groups in total. The average Bonchev–Trinajstić information content (AvgIpc) is 2.32. The third-order valence-electron chi connectivity index (χ3n) is 2.29. The van der Waals surface area contributed by atoms with Gasteiger partial charge in [0.15, 0.2) is 0 Å². The molecule has 18 heavy (non-hydrogen) atoms. The first kappa shape index (κ1) is 12.9. The molecule has 0 atom stereocenters. The van der Waals surface area contributed by atoms with E-state index in [4.69, 9.17) is 23.2 Å². The van der Waals surface area contributed by atoms with Crippen LogP contribution in [-0.2, 0) is 0 Å². The molecule has 0 bridgehead atoms. The van der Waals surface area contributed by atoms with Crippen molar-refractivity contribution >= 4 is 34.8 Å². The molecule has 1 amide bonds. The molecule has 0 radical (unpaired) electrons. The molecule has 0 aliphatic heterocycles. The molecule has 2 rings (SSSR count). The van der Waals surface area contributed by atoms with E-state index in [1.54, 1.807) is 18.2 Å². The highest BCUT2D eigenvalue weighted by molar-refractivity contribution is 6.40. The Morgan fingerprint density at radius 1 is 1.00 bits per heavy atom. The Morgan fingerprint density at radius 2 is 1.56 bits per heavy atom. The zero-order valence-electron chi connectivity index (χ0n) is 9.08. The van der Waals surface area contributed by atoms with E-state index in [-0.39, 0.29) is 21.4 Å². The fourth-order valence-electron chi connectivity index (χ4n) is 1.44. The fourth-order valence-corrected chi connectivity index (χ4v) is 2.01. The summed E-state index contributed by atoms with van der Waals surface area (Å²) in [6.45, 7) is 0. The molecule has 2 nitrogen and oxygen atoms in total. The maximum atomic E-state index is 12.7. The second-order valence-electron chi connectivity index (χ2n) is 3.56. The van der Waals surface area contributed by atoms with E-state index >= 15 is 0 Å². The van der Waals surface area contributed by atoms with Crippen LogP contribution in [0.5, 0.6) is 0 Å². The summed E-state index contributed by atoms with van der Waals surface area (Å²) in [4.78, 5) is 12.0. The van der Waals surface area contributed by atoms with Crippen LogP contribution in [0, 0.1) is 5.82 Å². The van der Waals surface area contributed by atoms with Crippen molar-refractivity contribution < 1.29 is 9.18 Å². The van der Waals surface area contributed by atoms with Gasteiger partial charge >= 0.3 is 0 Å². The summed E-state index contributed by atoms with van der Waals surface area (Å²) >= 11 is 11.8. The van der Waals surface area contributed by atoms with E-state index in [1.807, 2.05) is 0 Å². The molecule has 0 aromatic heterocycles. The largest absolute Gasteiger partial charge is 0.322 e. The van der Waals surface area contributed by atoms with Crippen LogP contribution in [0.2, 0.25) is 10.0 Å². The van der Waals surface area contributed by atoms with E-state index in [0.29, 0.717) is 5.69 Å². The van der Waals surface area contributed by atoms with Crippen molar-refractivity contribution in [2.24, 2.45) is 0 Å². The monoisotopic (exact) mass is 283 g/mol. The van der Waals surface area contributed by atoms with E-state index in [9.17, 15) is 9.18 Å². The summed E-state index contributed by atoms with van der Waals surface area (Å²) in [5, 5.41) is 3.12. The molecular weight excluding hydrogens is 276 g/mol. The molecule has 0 saturated heterocycles. The molecule has 0 unspecified atom stereocenters. The van der Waals surface area contributed by atoms with Gasteiger partial charge in [-0.05, 0) is 36.4 Å². The SMILES string of the molecule is O=C(Nc1ccc(F)cc1)c1c(Cl)cccc1Cl. The van der Waals surface area contributed by atoms with Crippen LogP contribution in [-0.4, -0.2) is 5.91 Å². The van der Waals surface area contributed by atoms with Crippen molar-refractivity contribution in [2.75, 3.05) is 5.32 Å². The van der Waals surface area contributed by atoms with E-state index in [1.165, 1.54) is 24.3 Å². The van der Waals surface area contributed by atoms with Crippen molar-refractivity contribution in [3.05, 3.63) is 63.9 Å². The molecule has 0 fully saturated rings. The number of amides is 1. The van der Waals surface area contributed by atoms with Gasteiger partial charge in [0.2, 0.25) is 0 Å². The Kier molecular flexibility index (Phi) is 3.84. The summed E-state index contributed by atoms with van der Waals surface area (Å²) in [6.07, 6.45) is 0. The first-order valence-electron chi connectivity index (χ1n) is 5.09. The van der Waals surface area contributed by atoms with Crippen molar-refractivity contribution in [3.8, 4) is 0 Å². The normalized spacial score (nSPS) is 10.2. The van der Waals surface area contributed by atoms with Crippen molar-refractivity contribution in [2.45, 2.75) is 0 Å². The Labute approximate surface area is 113 Å². The second kappa shape index (κ2) is 5.38. The summed E-state index contributed by atoms with van der Waals surface area (Å²) in [6, 6.07) is 10.2. The molecule has 0 aliphatic carbocycles. The van der Waals surface area contributed by atoms with Gasteiger partial charge in [-0.15, -0.1) is 0 Å². The molecule has 0 aliphatic rings. The number of halogens is 3. The minimum absolute atomic E-state index is 0.199. The van der Waals surface area contributed by atoms with Gasteiger partial charge in [-0.1, -0.05) is 29.3 Å². The van der Waals surface area contributed by atoms with Gasteiger partial charge in [0.05, 0.1) is 15.6 Å². The molecule has 92 valence electrons. The zero-order chi connectivity index (χ0) is 13.1. The summed E-state index contributed by atoms with van der Waals surface area (Å²) in [5.74, 6) is -0.805. The number of hydrogen-bond acceptors (Lipinski definition) is 1. The zero-order valence-corrected chi connectivity index (χ0v) is 10.6. The van der Waals surface area contributed by atoms with Gasteiger partial charge in [-0.2, -0.15) is 0 Å². The number of benzene rings is 2. The van der Waals surface area contributed by atoms with Gasteiger partial charge in [0.25, 0.3) is 5.91 Å². The van der Waals surface area contributed by atoms with Gasteiger partial charge in [-0.3, -0.25) is 4.79 Å². The standard InChI is InChI=1S/C13H8Cl2FNO/c14-10-2-1-3-11(15)12(10)13(18)17-9-6-4-8(16)5-7-9/h1-7H,(H,17,18). The lowest BCUT2D eigenvalue weighted by Crippen LogP contribution is -2.13. The second-order valence-corrected chi connectivity index (χ2v) is 4.37. The third kappa shape index (κ3) is 2.81. The minimum atomic E-state index is -0.433. The lowest BCUT2D eigenvalue weighted by atomic mass is 10.2. The van der Waals surface area contributed by atoms with E-state index < -0.39 is 5.91 Å². The number of anilines is 1. The van der Waals surface area contributed by atoms with E-state index in [0.717, 1.165) is 0 Å². The molecular formula is C13H8Cl2FNO. The van der Waals surface area contributed by atoms with Crippen LogP contribution in [0.4, 0.5) is 10.1 Å². The maximum absolute atomic E-state index is 12.7.